The fraction of sp³-hybridized carbons (Fsp3) is 0.727. The molecule has 0 bridgehead atoms. The van der Waals surface area contributed by atoms with Crippen LogP contribution >= 0.6 is 0 Å². The van der Waals surface area contributed by atoms with Crippen LogP contribution < -0.4 is 0 Å². The molecule has 1 atom stereocenters. The molecule has 1 aliphatic carbocycles. The molecular weight excluding hydrogens is 148 g/mol. The topological polar surface area (TPSA) is 17.1 Å². The highest BCUT2D eigenvalue weighted by molar-refractivity contribution is 5.76. The summed E-state index contributed by atoms with van der Waals surface area (Å²) in [5.74, 6) is 0.312. The van der Waals surface area contributed by atoms with Crippen molar-refractivity contribution in [3.63, 3.8) is 0 Å². The molecule has 12 heavy (non-hydrogen) atoms. The van der Waals surface area contributed by atoms with Crippen molar-refractivity contribution < 1.29 is 4.79 Å². The maximum absolute atomic E-state index is 11.0. The third-order valence-electron chi connectivity index (χ3n) is 2.66. The van der Waals surface area contributed by atoms with Crippen molar-refractivity contribution in [1.82, 2.24) is 0 Å². The van der Waals surface area contributed by atoms with E-state index in [0.29, 0.717) is 5.78 Å². The van der Waals surface area contributed by atoms with Gasteiger partial charge in [-0.3, -0.25) is 0 Å². The summed E-state index contributed by atoms with van der Waals surface area (Å²) in [4.78, 5) is 11.0. The van der Waals surface area contributed by atoms with Crippen LogP contribution in [0.1, 0.15) is 46.0 Å². The Morgan fingerprint density at radius 3 is 2.83 bits per heavy atom. The zero-order valence-electron chi connectivity index (χ0n) is 8.15. The normalized spacial score (nSPS) is 30.3. The molecule has 1 nitrogen and oxygen atoms in total. The van der Waals surface area contributed by atoms with Crippen LogP contribution in [0.4, 0.5) is 0 Å². The fourth-order valence-corrected chi connectivity index (χ4v) is 2.30. The molecule has 0 aromatic carbocycles. The Hall–Kier alpha value is -0.590. The van der Waals surface area contributed by atoms with E-state index in [0.717, 1.165) is 19.3 Å². The minimum atomic E-state index is 0.223. The van der Waals surface area contributed by atoms with E-state index in [9.17, 15) is 4.79 Å². The number of hydrogen-bond acceptors (Lipinski definition) is 1. The van der Waals surface area contributed by atoms with Gasteiger partial charge in [-0.2, -0.15) is 0 Å². The van der Waals surface area contributed by atoms with Crippen molar-refractivity contribution in [2.75, 3.05) is 0 Å². The van der Waals surface area contributed by atoms with Gasteiger partial charge in [0.1, 0.15) is 5.78 Å². The summed E-state index contributed by atoms with van der Waals surface area (Å²) in [7, 11) is 0. The van der Waals surface area contributed by atoms with Crippen LogP contribution in [0.3, 0.4) is 0 Å². The maximum Gasteiger partial charge on any atom is 0.130 e. The summed E-state index contributed by atoms with van der Waals surface area (Å²) in [6.45, 7) is 7.90. The smallest absolute Gasteiger partial charge is 0.130 e. The predicted molar refractivity (Wildman–Crippen MR) is 51.0 cm³/mol. The summed E-state index contributed by atoms with van der Waals surface area (Å²) in [5.41, 5.74) is 1.55. The van der Waals surface area contributed by atoms with Crippen LogP contribution in [-0.2, 0) is 4.79 Å². The van der Waals surface area contributed by atoms with Crippen molar-refractivity contribution in [1.29, 1.82) is 0 Å². The average molecular weight is 166 g/mol. The van der Waals surface area contributed by atoms with Gasteiger partial charge in [-0.1, -0.05) is 19.1 Å². The van der Waals surface area contributed by atoms with E-state index in [4.69, 9.17) is 0 Å². The Morgan fingerprint density at radius 2 is 2.33 bits per heavy atom. The van der Waals surface area contributed by atoms with Gasteiger partial charge >= 0.3 is 0 Å². The molecule has 0 amide bonds. The first-order valence-corrected chi connectivity index (χ1v) is 4.68. The summed E-state index contributed by atoms with van der Waals surface area (Å²) in [6, 6.07) is 0. The number of Topliss-reactive ketones (excluding diaryl/α,β-unsaturated/α-hetero) is 1. The molecule has 0 saturated heterocycles. The lowest BCUT2D eigenvalue weighted by molar-refractivity contribution is -0.119. The fourth-order valence-electron chi connectivity index (χ4n) is 2.30. The van der Waals surface area contributed by atoms with E-state index >= 15 is 0 Å². The molecule has 1 heteroatoms. The zero-order chi connectivity index (χ0) is 9.19. The van der Waals surface area contributed by atoms with E-state index < -0.39 is 0 Å². The number of rotatable bonds is 2. The Balaban J connectivity index is 2.57. The van der Waals surface area contributed by atoms with Crippen LogP contribution in [0.15, 0.2) is 12.2 Å². The van der Waals surface area contributed by atoms with E-state index in [-0.39, 0.29) is 5.41 Å². The molecule has 0 spiro atoms. The number of ketones is 1. The summed E-state index contributed by atoms with van der Waals surface area (Å²) >= 11 is 0. The number of carbonyl (C=O) groups is 1. The quantitative estimate of drug-likeness (QED) is 0.576. The highest BCUT2D eigenvalue weighted by Gasteiger charge is 2.29. The minimum Gasteiger partial charge on any atom is -0.300 e. The van der Waals surface area contributed by atoms with Crippen LogP contribution in [0.2, 0.25) is 0 Å². The van der Waals surface area contributed by atoms with Crippen molar-refractivity contribution >= 4 is 5.78 Å². The standard InChI is InChI=1S/C11H18O/c1-9-5-4-6-11(3,7-9)8-10(2)12/h1,4-8H2,2-3H3. The lowest BCUT2D eigenvalue weighted by Gasteiger charge is -2.33. The van der Waals surface area contributed by atoms with Gasteiger partial charge in [-0.15, -0.1) is 0 Å². The molecule has 0 N–H and O–H groups in total. The highest BCUT2D eigenvalue weighted by Crippen LogP contribution is 2.40. The Morgan fingerprint density at radius 1 is 1.67 bits per heavy atom. The van der Waals surface area contributed by atoms with Gasteiger partial charge in [-0.25, -0.2) is 0 Å². The molecule has 0 heterocycles. The summed E-state index contributed by atoms with van der Waals surface area (Å²) < 4.78 is 0. The first kappa shape index (κ1) is 9.50. The molecule has 0 aromatic rings. The van der Waals surface area contributed by atoms with Crippen LogP contribution in [0.5, 0.6) is 0 Å². The Bertz CT molecular complexity index is 201. The monoisotopic (exact) mass is 166 g/mol. The summed E-state index contributed by atoms with van der Waals surface area (Å²) in [6.07, 6.45) is 5.33. The van der Waals surface area contributed by atoms with E-state index in [1.165, 1.54) is 18.4 Å². The van der Waals surface area contributed by atoms with Gasteiger partial charge < -0.3 is 4.79 Å². The number of allylic oxidation sites excluding steroid dienone is 1. The average Bonchev–Trinajstić information content (AvgIpc) is 1.82. The molecule has 1 unspecified atom stereocenters. The maximum atomic E-state index is 11.0. The van der Waals surface area contributed by atoms with Crippen LogP contribution in [0, 0.1) is 5.41 Å². The van der Waals surface area contributed by atoms with Crippen molar-refractivity contribution in [2.24, 2.45) is 5.41 Å². The van der Waals surface area contributed by atoms with E-state index in [1.807, 2.05) is 0 Å². The highest BCUT2D eigenvalue weighted by atomic mass is 16.1. The second kappa shape index (κ2) is 3.42. The first-order valence-electron chi connectivity index (χ1n) is 4.68. The van der Waals surface area contributed by atoms with Gasteiger partial charge in [0.15, 0.2) is 0 Å². The molecule has 0 aromatic heterocycles. The van der Waals surface area contributed by atoms with Gasteiger partial charge in [-0.05, 0) is 38.0 Å². The molecule has 1 aliphatic rings. The Labute approximate surface area is 74.9 Å². The third-order valence-corrected chi connectivity index (χ3v) is 2.66. The molecule has 0 radical (unpaired) electrons. The van der Waals surface area contributed by atoms with Gasteiger partial charge in [0.25, 0.3) is 0 Å². The van der Waals surface area contributed by atoms with Gasteiger partial charge in [0, 0.05) is 6.42 Å². The van der Waals surface area contributed by atoms with Gasteiger partial charge in [0.05, 0.1) is 0 Å². The second-order valence-electron chi connectivity index (χ2n) is 4.47. The van der Waals surface area contributed by atoms with E-state index in [1.54, 1.807) is 6.92 Å². The van der Waals surface area contributed by atoms with E-state index in [2.05, 4.69) is 13.5 Å². The van der Waals surface area contributed by atoms with Crippen molar-refractivity contribution in [3.05, 3.63) is 12.2 Å². The van der Waals surface area contributed by atoms with Gasteiger partial charge in [0.2, 0.25) is 0 Å². The molecule has 0 aliphatic heterocycles. The molecule has 1 saturated carbocycles. The first-order chi connectivity index (χ1) is 5.52. The molecule has 1 rings (SSSR count). The van der Waals surface area contributed by atoms with Crippen LogP contribution in [-0.4, -0.2) is 5.78 Å². The van der Waals surface area contributed by atoms with Crippen LogP contribution in [0.25, 0.3) is 0 Å². The summed E-state index contributed by atoms with van der Waals surface area (Å²) in [5, 5.41) is 0. The largest absolute Gasteiger partial charge is 0.300 e. The molecule has 68 valence electrons. The van der Waals surface area contributed by atoms with Crippen molar-refractivity contribution in [2.45, 2.75) is 46.0 Å². The number of carbonyl (C=O) groups excluding carboxylic acids is 1. The Kier molecular flexibility index (Phi) is 2.71. The number of hydrogen-bond donors (Lipinski definition) is 0. The zero-order valence-corrected chi connectivity index (χ0v) is 8.15. The lowest BCUT2D eigenvalue weighted by atomic mass is 9.71. The SMILES string of the molecule is C=C1CCCC(C)(CC(C)=O)C1. The third kappa shape index (κ3) is 2.47. The van der Waals surface area contributed by atoms with Crippen molar-refractivity contribution in [3.8, 4) is 0 Å². The molecular formula is C11H18O. The predicted octanol–water partition coefficient (Wildman–Crippen LogP) is 3.10. The lowest BCUT2D eigenvalue weighted by Crippen LogP contribution is -2.23. The second-order valence-corrected chi connectivity index (χ2v) is 4.47. The molecule has 1 fully saturated rings. The minimum absolute atomic E-state index is 0.223.